The molecule has 132 valence electrons. The average molecular weight is 423 g/mol. The molecule has 5 nitrogen and oxygen atoms in total. The number of amides is 1. The third-order valence-electron chi connectivity index (χ3n) is 4.21. The van der Waals surface area contributed by atoms with Crippen LogP contribution >= 0.6 is 15.9 Å². The maximum atomic E-state index is 12.5. The van der Waals surface area contributed by atoms with Gasteiger partial charge in [-0.3, -0.25) is 9.10 Å². The van der Waals surface area contributed by atoms with Crippen molar-refractivity contribution in [2.75, 3.05) is 16.6 Å². The van der Waals surface area contributed by atoms with Crippen molar-refractivity contribution in [2.45, 2.75) is 19.4 Å². The minimum atomic E-state index is -3.26. The zero-order chi connectivity index (χ0) is 18.0. The minimum Gasteiger partial charge on any atom is -0.346 e. The summed E-state index contributed by atoms with van der Waals surface area (Å²) in [6.07, 6.45) is 0.610. The Bertz CT molecular complexity index is 881. The van der Waals surface area contributed by atoms with Crippen molar-refractivity contribution in [3.8, 4) is 0 Å². The van der Waals surface area contributed by atoms with Gasteiger partial charge in [0.15, 0.2) is 0 Å². The van der Waals surface area contributed by atoms with Gasteiger partial charge in [0, 0.05) is 16.6 Å². The van der Waals surface area contributed by atoms with Gasteiger partial charge in [0.2, 0.25) is 10.0 Å². The highest BCUT2D eigenvalue weighted by atomic mass is 79.9. The minimum absolute atomic E-state index is 0.153. The van der Waals surface area contributed by atoms with E-state index in [0.717, 1.165) is 10.0 Å². The van der Waals surface area contributed by atoms with E-state index in [1.54, 1.807) is 24.3 Å². The molecule has 0 bridgehead atoms. The Labute approximate surface area is 156 Å². The van der Waals surface area contributed by atoms with E-state index in [9.17, 15) is 13.2 Å². The fraction of sp³-hybridized carbons (Fsp3) is 0.278. The Morgan fingerprint density at radius 1 is 1.20 bits per heavy atom. The molecule has 1 amide bonds. The average Bonchev–Trinajstić information content (AvgIpc) is 2.94. The standard InChI is InChI=1S/C18H19BrN2O3S/c1-13(14-6-8-16(19)9-7-14)20-18(22)15-4-2-5-17(12-15)21-10-3-11-25(21,23)24/h2,4-9,12-13H,3,10-11H2,1H3,(H,20,22). The smallest absolute Gasteiger partial charge is 0.251 e. The van der Waals surface area contributed by atoms with Gasteiger partial charge < -0.3 is 5.32 Å². The first-order chi connectivity index (χ1) is 11.9. The molecule has 1 aliphatic rings. The molecule has 2 aromatic rings. The van der Waals surface area contributed by atoms with Crippen LogP contribution in [0.3, 0.4) is 0 Å². The number of rotatable bonds is 4. The first kappa shape index (κ1) is 17.9. The van der Waals surface area contributed by atoms with Crippen molar-refractivity contribution < 1.29 is 13.2 Å². The van der Waals surface area contributed by atoms with Gasteiger partial charge in [-0.1, -0.05) is 34.1 Å². The van der Waals surface area contributed by atoms with Crippen LogP contribution in [0, 0.1) is 0 Å². The highest BCUT2D eigenvalue weighted by Crippen LogP contribution is 2.25. The largest absolute Gasteiger partial charge is 0.346 e. The van der Waals surface area contributed by atoms with Crippen LogP contribution in [0.1, 0.15) is 35.3 Å². The molecule has 1 N–H and O–H groups in total. The van der Waals surface area contributed by atoms with E-state index in [2.05, 4.69) is 21.2 Å². The first-order valence-corrected chi connectivity index (χ1v) is 10.4. The van der Waals surface area contributed by atoms with E-state index in [4.69, 9.17) is 0 Å². The Hall–Kier alpha value is -1.86. The molecule has 0 spiro atoms. The fourth-order valence-corrected chi connectivity index (χ4v) is 4.67. The van der Waals surface area contributed by atoms with E-state index in [1.807, 2.05) is 31.2 Å². The molecule has 3 rings (SSSR count). The van der Waals surface area contributed by atoms with Gasteiger partial charge in [0.05, 0.1) is 17.5 Å². The van der Waals surface area contributed by atoms with E-state index in [-0.39, 0.29) is 17.7 Å². The number of hydrogen-bond donors (Lipinski definition) is 1. The second-order valence-corrected chi connectivity index (χ2v) is 8.97. The quantitative estimate of drug-likeness (QED) is 0.819. The number of sulfonamides is 1. The third kappa shape index (κ3) is 4.04. The summed E-state index contributed by atoms with van der Waals surface area (Å²) in [5.41, 5.74) is 1.99. The molecule has 1 unspecified atom stereocenters. The number of nitrogens with one attached hydrogen (secondary N) is 1. The van der Waals surface area contributed by atoms with Crippen molar-refractivity contribution in [3.63, 3.8) is 0 Å². The maximum absolute atomic E-state index is 12.5. The van der Waals surface area contributed by atoms with Gasteiger partial charge in [-0.25, -0.2) is 8.42 Å². The van der Waals surface area contributed by atoms with Crippen molar-refractivity contribution in [1.82, 2.24) is 5.32 Å². The second-order valence-electron chi connectivity index (χ2n) is 6.04. The Morgan fingerprint density at radius 3 is 2.56 bits per heavy atom. The van der Waals surface area contributed by atoms with E-state index in [0.29, 0.717) is 24.2 Å². The predicted octanol–water partition coefficient (Wildman–Crippen LogP) is 3.48. The zero-order valence-corrected chi connectivity index (χ0v) is 16.2. The normalized spacial score (nSPS) is 17.3. The molecule has 1 fully saturated rings. The lowest BCUT2D eigenvalue weighted by molar-refractivity contribution is 0.0940. The number of halogens is 1. The number of hydrogen-bond acceptors (Lipinski definition) is 3. The molecule has 25 heavy (non-hydrogen) atoms. The summed E-state index contributed by atoms with van der Waals surface area (Å²) in [7, 11) is -3.26. The van der Waals surface area contributed by atoms with Crippen LogP contribution in [0.4, 0.5) is 5.69 Å². The third-order valence-corrected chi connectivity index (χ3v) is 6.61. The van der Waals surface area contributed by atoms with Crippen LogP contribution in [0.25, 0.3) is 0 Å². The van der Waals surface area contributed by atoms with E-state index < -0.39 is 10.0 Å². The summed E-state index contributed by atoms with van der Waals surface area (Å²) < 4.78 is 26.5. The lowest BCUT2D eigenvalue weighted by Crippen LogP contribution is -2.28. The molecule has 1 saturated heterocycles. The van der Waals surface area contributed by atoms with Crippen molar-refractivity contribution >= 4 is 37.5 Å². The van der Waals surface area contributed by atoms with E-state index >= 15 is 0 Å². The van der Waals surface area contributed by atoms with Gasteiger partial charge in [0.1, 0.15) is 0 Å². The van der Waals surface area contributed by atoms with Gasteiger partial charge >= 0.3 is 0 Å². The Balaban J connectivity index is 1.76. The second kappa shape index (κ2) is 7.17. The molecule has 0 radical (unpaired) electrons. The topological polar surface area (TPSA) is 66.5 Å². The van der Waals surface area contributed by atoms with Gasteiger partial charge in [0.25, 0.3) is 5.91 Å². The first-order valence-electron chi connectivity index (χ1n) is 8.03. The lowest BCUT2D eigenvalue weighted by atomic mass is 10.1. The number of carbonyl (C=O) groups excluding carboxylic acids is 1. The van der Waals surface area contributed by atoms with Crippen LogP contribution in [0.2, 0.25) is 0 Å². The molecule has 0 aliphatic carbocycles. The summed E-state index contributed by atoms with van der Waals surface area (Å²) in [4.78, 5) is 12.5. The summed E-state index contributed by atoms with van der Waals surface area (Å²) in [5, 5.41) is 2.95. The van der Waals surface area contributed by atoms with Crippen molar-refractivity contribution in [1.29, 1.82) is 0 Å². The molecule has 1 aliphatic heterocycles. The summed E-state index contributed by atoms with van der Waals surface area (Å²) in [6, 6.07) is 14.3. The summed E-state index contributed by atoms with van der Waals surface area (Å²) in [6.45, 7) is 2.37. The highest BCUT2D eigenvalue weighted by molar-refractivity contribution is 9.10. The monoisotopic (exact) mass is 422 g/mol. The molecule has 7 heteroatoms. The molecule has 0 saturated carbocycles. The lowest BCUT2D eigenvalue weighted by Gasteiger charge is -2.18. The summed E-state index contributed by atoms with van der Waals surface area (Å²) in [5.74, 6) is -0.0711. The van der Waals surface area contributed by atoms with Crippen molar-refractivity contribution in [3.05, 3.63) is 64.1 Å². The molecular formula is C18H19BrN2O3S. The number of anilines is 1. The molecule has 1 atom stereocenters. The SMILES string of the molecule is CC(NC(=O)c1cccc(N2CCCS2(=O)=O)c1)c1ccc(Br)cc1. The highest BCUT2D eigenvalue weighted by Gasteiger charge is 2.28. The summed E-state index contributed by atoms with van der Waals surface area (Å²) >= 11 is 3.39. The van der Waals surface area contributed by atoms with E-state index in [1.165, 1.54) is 4.31 Å². The fourth-order valence-electron chi connectivity index (χ4n) is 2.85. The van der Waals surface area contributed by atoms with Crippen LogP contribution < -0.4 is 9.62 Å². The Morgan fingerprint density at radius 2 is 1.92 bits per heavy atom. The zero-order valence-electron chi connectivity index (χ0n) is 13.8. The number of carbonyl (C=O) groups is 1. The van der Waals surface area contributed by atoms with Crippen LogP contribution in [0.5, 0.6) is 0 Å². The van der Waals surface area contributed by atoms with Crippen LogP contribution in [-0.4, -0.2) is 26.6 Å². The Kier molecular flexibility index (Phi) is 5.15. The van der Waals surface area contributed by atoms with Gasteiger partial charge in [-0.15, -0.1) is 0 Å². The molecular weight excluding hydrogens is 404 g/mol. The number of benzene rings is 2. The molecule has 0 aromatic heterocycles. The predicted molar refractivity (Wildman–Crippen MR) is 102 cm³/mol. The van der Waals surface area contributed by atoms with Crippen LogP contribution in [-0.2, 0) is 10.0 Å². The maximum Gasteiger partial charge on any atom is 0.251 e. The molecule has 1 heterocycles. The van der Waals surface area contributed by atoms with Crippen molar-refractivity contribution in [2.24, 2.45) is 0 Å². The molecule has 2 aromatic carbocycles. The van der Waals surface area contributed by atoms with Gasteiger partial charge in [-0.2, -0.15) is 0 Å². The number of nitrogens with zero attached hydrogens (tertiary/aromatic N) is 1. The van der Waals surface area contributed by atoms with Gasteiger partial charge in [-0.05, 0) is 49.2 Å². The van der Waals surface area contributed by atoms with Crippen LogP contribution in [0.15, 0.2) is 53.0 Å².